The molecule has 5 nitrogen and oxygen atoms in total. The smallest absolute Gasteiger partial charge is 0.339 e. The molecule has 0 radical (unpaired) electrons. The van der Waals surface area contributed by atoms with E-state index in [2.05, 4.69) is 15.5 Å². The van der Waals surface area contributed by atoms with Crippen molar-refractivity contribution in [3.05, 3.63) is 52.2 Å². The molecule has 0 aliphatic carbocycles. The minimum atomic E-state index is -1.06. The Morgan fingerprint density at radius 2 is 2.11 bits per heavy atom. The number of H-pyrrole nitrogens is 1. The number of benzene rings is 1. The minimum absolute atomic E-state index is 0.0645. The van der Waals surface area contributed by atoms with Gasteiger partial charge in [-0.05, 0) is 11.6 Å². The first-order chi connectivity index (χ1) is 8.66. The van der Waals surface area contributed by atoms with Crippen LogP contribution in [-0.2, 0) is 6.54 Å². The molecular weight excluding hydrogens is 250 g/mol. The van der Waals surface area contributed by atoms with E-state index in [1.165, 1.54) is 6.07 Å². The molecule has 0 fully saturated rings. The van der Waals surface area contributed by atoms with Crippen LogP contribution < -0.4 is 5.32 Å². The highest BCUT2D eigenvalue weighted by molar-refractivity contribution is 7.71. The van der Waals surface area contributed by atoms with E-state index in [-0.39, 0.29) is 16.0 Å². The van der Waals surface area contributed by atoms with Gasteiger partial charge in [-0.3, -0.25) is 5.10 Å². The number of nitrogens with one attached hydrogen (secondary N) is 2. The van der Waals surface area contributed by atoms with Gasteiger partial charge in [-0.1, -0.05) is 42.5 Å². The van der Waals surface area contributed by atoms with E-state index in [0.29, 0.717) is 6.54 Å². The molecule has 92 valence electrons. The molecule has 0 spiro atoms. The van der Waals surface area contributed by atoms with Crippen molar-refractivity contribution in [2.75, 3.05) is 5.32 Å². The predicted molar refractivity (Wildman–Crippen MR) is 70.1 cm³/mol. The minimum Gasteiger partial charge on any atom is -0.478 e. The second kappa shape index (κ2) is 5.42. The lowest BCUT2D eigenvalue weighted by atomic mass is 10.2. The van der Waals surface area contributed by atoms with Gasteiger partial charge in [-0.2, -0.15) is 5.10 Å². The molecule has 3 N–H and O–H groups in total. The van der Waals surface area contributed by atoms with Gasteiger partial charge in [0.25, 0.3) is 0 Å². The van der Waals surface area contributed by atoms with Crippen LogP contribution in [-0.4, -0.2) is 21.3 Å². The van der Waals surface area contributed by atoms with Crippen LogP contribution in [0.2, 0.25) is 0 Å². The summed E-state index contributed by atoms with van der Waals surface area (Å²) >= 11 is 4.85. The number of anilines is 1. The van der Waals surface area contributed by atoms with Gasteiger partial charge < -0.3 is 10.4 Å². The number of rotatable bonds is 4. The van der Waals surface area contributed by atoms with E-state index in [1.807, 2.05) is 30.3 Å². The summed E-state index contributed by atoms with van der Waals surface area (Å²) in [5.41, 5.74) is 1.10. The number of hydrogen-bond donors (Lipinski definition) is 3. The molecule has 1 aromatic heterocycles. The van der Waals surface area contributed by atoms with Gasteiger partial charge in [-0.25, -0.2) is 4.79 Å². The van der Waals surface area contributed by atoms with E-state index in [9.17, 15) is 4.79 Å². The zero-order valence-electron chi connectivity index (χ0n) is 9.38. The summed E-state index contributed by atoms with van der Waals surface area (Å²) in [5, 5.41) is 18.5. The zero-order chi connectivity index (χ0) is 13.0. The summed E-state index contributed by atoms with van der Waals surface area (Å²) in [7, 11) is 0. The first-order valence-corrected chi connectivity index (χ1v) is 5.68. The molecule has 0 aliphatic heterocycles. The third-order valence-electron chi connectivity index (χ3n) is 2.34. The van der Waals surface area contributed by atoms with Crippen LogP contribution in [0.3, 0.4) is 0 Å². The highest BCUT2D eigenvalue weighted by Gasteiger charge is 2.11. The summed E-state index contributed by atoms with van der Waals surface area (Å²) in [6.45, 7) is 0.499. The second-order valence-electron chi connectivity index (χ2n) is 3.64. The molecule has 0 bridgehead atoms. The molecule has 2 rings (SSSR count). The number of carbonyl (C=O) groups is 1. The largest absolute Gasteiger partial charge is 0.478 e. The molecule has 1 aromatic carbocycles. The van der Waals surface area contributed by atoms with Crippen molar-refractivity contribution in [3.8, 4) is 0 Å². The Morgan fingerprint density at radius 1 is 1.39 bits per heavy atom. The molecule has 2 aromatic rings. The molecule has 0 saturated carbocycles. The van der Waals surface area contributed by atoms with Crippen LogP contribution >= 0.6 is 12.2 Å². The molecule has 18 heavy (non-hydrogen) atoms. The van der Waals surface area contributed by atoms with E-state index >= 15 is 0 Å². The van der Waals surface area contributed by atoms with Crippen molar-refractivity contribution in [2.45, 2.75) is 6.54 Å². The Kier molecular flexibility index (Phi) is 3.69. The quantitative estimate of drug-likeness (QED) is 0.737. The van der Waals surface area contributed by atoms with Gasteiger partial charge in [-0.15, -0.1) is 0 Å². The molecule has 6 heteroatoms. The van der Waals surface area contributed by atoms with Crippen LogP contribution in [0, 0.1) is 4.64 Å². The highest BCUT2D eigenvalue weighted by Crippen LogP contribution is 2.12. The Balaban J connectivity index is 2.19. The van der Waals surface area contributed by atoms with Gasteiger partial charge >= 0.3 is 5.97 Å². The fourth-order valence-electron chi connectivity index (χ4n) is 1.48. The lowest BCUT2D eigenvalue weighted by molar-refractivity contribution is 0.0697. The molecular formula is C12H11N3O2S. The van der Waals surface area contributed by atoms with E-state index in [4.69, 9.17) is 17.3 Å². The summed E-state index contributed by atoms with van der Waals surface area (Å²) in [4.78, 5) is 11.0. The van der Waals surface area contributed by atoms with Gasteiger partial charge in [0.1, 0.15) is 10.2 Å². The average molecular weight is 261 g/mol. The van der Waals surface area contributed by atoms with Crippen LogP contribution in [0.5, 0.6) is 0 Å². The third-order valence-corrected chi connectivity index (χ3v) is 2.55. The number of aromatic amines is 1. The number of carboxylic acids is 1. The average Bonchev–Trinajstić information content (AvgIpc) is 2.38. The topological polar surface area (TPSA) is 78.0 Å². The number of nitrogens with zero attached hydrogens (tertiary/aromatic N) is 1. The van der Waals surface area contributed by atoms with Crippen molar-refractivity contribution in [1.29, 1.82) is 0 Å². The second-order valence-corrected chi connectivity index (χ2v) is 4.08. The lowest BCUT2D eigenvalue weighted by Crippen LogP contribution is -2.09. The molecule has 0 saturated heterocycles. The Morgan fingerprint density at radius 3 is 2.78 bits per heavy atom. The fourth-order valence-corrected chi connectivity index (χ4v) is 1.65. The summed E-state index contributed by atoms with van der Waals surface area (Å²) in [6, 6.07) is 11.0. The summed E-state index contributed by atoms with van der Waals surface area (Å²) in [5.74, 6) is -0.780. The SMILES string of the molecule is O=C(O)c1cc(=S)[nH]nc1NCc1ccccc1. The fraction of sp³-hybridized carbons (Fsp3) is 0.0833. The molecule has 1 heterocycles. The maximum Gasteiger partial charge on any atom is 0.339 e. The van der Waals surface area contributed by atoms with E-state index in [1.54, 1.807) is 0 Å². The van der Waals surface area contributed by atoms with E-state index < -0.39 is 5.97 Å². The van der Waals surface area contributed by atoms with Gasteiger partial charge in [0, 0.05) is 6.54 Å². The van der Waals surface area contributed by atoms with Crippen molar-refractivity contribution in [3.63, 3.8) is 0 Å². The number of aromatic nitrogens is 2. The number of aromatic carboxylic acids is 1. The van der Waals surface area contributed by atoms with Crippen molar-refractivity contribution in [1.82, 2.24) is 10.2 Å². The predicted octanol–water partition coefficient (Wildman–Crippen LogP) is 2.45. The standard InChI is InChI=1S/C12H11N3O2S/c16-12(17)9-6-10(18)14-15-11(9)13-7-8-4-2-1-3-5-8/h1-6H,7H2,(H,13,15)(H,14,18)(H,16,17). The monoisotopic (exact) mass is 261 g/mol. The summed E-state index contributed by atoms with van der Waals surface area (Å²) in [6.07, 6.45) is 0. The maximum atomic E-state index is 11.0. The normalized spacial score (nSPS) is 10.0. The summed E-state index contributed by atoms with van der Waals surface area (Å²) < 4.78 is 0.290. The molecule has 0 atom stereocenters. The van der Waals surface area contributed by atoms with Gasteiger partial charge in [0.05, 0.1) is 0 Å². The van der Waals surface area contributed by atoms with Crippen molar-refractivity contribution < 1.29 is 9.90 Å². The van der Waals surface area contributed by atoms with Crippen LogP contribution in [0.15, 0.2) is 36.4 Å². The van der Waals surface area contributed by atoms with Crippen molar-refractivity contribution >= 4 is 24.0 Å². The zero-order valence-corrected chi connectivity index (χ0v) is 10.2. The molecule has 0 aliphatic rings. The highest BCUT2D eigenvalue weighted by atomic mass is 32.1. The van der Waals surface area contributed by atoms with Gasteiger partial charge in [0.2, 0.25) is 0 Å². The van der Waals surface area contributed by atoms with Crippen LogP contribution in [0.4, 0.5) is 5.82 Å². The lowest BCUT2D eigenvalue weighted by Gasteiger charge is -2.07. The number of carboxylic acid groups (broad SMARTS) is 1. The van der Waals surface area contributed by atoms with Crippen molar-refractivity contribution in [2.24, 2.45) is 0 Å². The van der Waals surface area contributed by atoms with Crippen LogP contribution in [0.1, 0.15) is 15.9 Å². The number of hydrogen-bond acceptors (Lipinski definition) is 4. The Labute approximate surface area is 108 Å². The Hall–Kier alpha value is -2.21. The van der Waals surface area contributed by atoms with E-state index in [0.717, 1.165) is 5.56 Å². The maximum absolute atomic E-state index is 11.0. The van der Waals surface area contributed by atoms with Crippen LogP contribution in [0.25, 0.3) is 0 Å². The Bertz CT molecular complexity index is 610. The first kappa shape index (κ1) is 12.3. The first-order valence-electron chi connectivity index (χ1n) is 5.27. The molecule has 0 unspecified atom stereocenters. The third kappa shape index (κ3) is 2.92. The molecule has 0 amide bonds. The van der Waals surface area contributed by atoms with Gasteiger partial charge in [0.15, 0.2) is 5.82 Å².